The lowest BCUT2D eigenvalue weighted by Gasteiger charge is -2.14. The summed E-state index contributed by atoms with van der Waals surface area (Å²) in [5, 5.41) is 0.201. The first-order valence-corrected chi connectivity index (χ1v) is 11.6. The van der Waals surface area contributed by atoms with Gasteiger partial charge in [-0.05, 0) is 29.3 Å². The molecule has 32 heavy (non-hydrogen) atoms. The van der Waals surface area contributed by atoms with Gasteiger partial charge in [0.15, 0.2) is 0 Å². The van der Waals surface area contributed by atoms with Crippen molar-refractivity contribution in [3.63, 3.8) is 0 Å². The van der Waals surface area contributed by atoms with Crippen LogP contribution in [0.3, 0.4) is 0 Å². The first-order chi connectivity index (χ1) is 15.3. The minimum absolute atomic E-state index is 0.214. The van der Waals surface area contributed by atoms with Crippen molar-refractivity contribution in [1.82, 2.24) is 14.5 Å². The van der Waals surface area contributed by atoms with Crippen LogP contribution in [0.1, 0.15) is 5.56 Å². The summed E-state index contributed by atoms with van der Waals surface area (Å²) in [5.41, 5.74) is 1.78. The van der Waals surface area contributed by atoms with Gasteiger partial charge < -0.3 is 9.47 Å². The second-order valence-corrected chi connectivity index (χ2v) is 9.15. The summed E-state index contributed by atoms with van der Waals surface area (Å²) in [4.78, 5) is 21.8. The van der Waals surface area contributed by atoms with Gasteiger partial charge in [-0.15, -0.1) is 0 Å². The number of nitrogens with zero attached hydrogens (tertiary/aromatic N) is 3. The Kier molecular flexibility index (Phi) is 5.67. The van der Waals surface area contributed by atoms with Crippen molar-refractivity contribution in [3.8, 4) is 22.6 Å². The molecule has 0 aliphatic heterocycles. The van der Waals surface area contributed by atoms with Crippen molar-refractivity contribution in [2.24, 2.45) is 0 Å². The van der Waals surface area contributed by atoms with E-state index >= 15 is 0 Å². The number of hydrogen-bond acceptors (Lipinski definition) is 7. The second kappa shape index (κ2) is 8.43. The standard InChI is InChI=1S/C23H21N3O5S/c1-30-18-9-16(10-19(12-18)31-2)20-11-17-13-24-23(32(3,28)29)25-21(17)26(22(20)27)14-15-7-5-4-6-8-15/h4-13H,14H2,1-3H3. The molecule has 0 saturated carbocycles. The molecule has 0 amide bonds. The van der Waals surface area contributed by atoms with Gasteiger partial charge in [-0.25, -0.2) is 13.4 Å². The molecule has 0 radical (unpaired) electrons. The lowest BCUT2D eigenvalue weighted by atomic mass is 10.0. The maximum absolute atomic E-state index is 13.6. The van der Waals surface area contributed by atoms with E-state index in [0.29, 0.717) is 28.0 Å². The minimum Gasteiger partial charge on any atom is -0.497 e. The van der Waals surface area contributed by atoms with Gasteiger partial charge in [0.2, 0.25) is 15.0 Å². The molecule has 0 saturated heterocycles. The quantitative estimate of drug-likeness (QED) is 0.416. The fourth-order valence-electron chi connectivity index (χ4n) is 3.40. The molecule has 2 aromatic heterocycles. The van der Waals surface area contributed by atoms with Crippen LogP contribution in [0.15, 0.2) is 70.7 Å². The number of methoxy groups -OCH3 is 2. The van der Waals surface area contributed by atoms with E-state index in [4.69, 9.17) is 9.47 Å². The minimum atomic E-state index is -3.65. The highest BCUT2D eigenvalue weighted by Gasteiger charge is 2.18. The molecular formula is C23H21N3O5S. The molecule has 8 nitrogen and oxygen atoms in total. The summed E-state index contributed by atoms with van der Waals surface area (Å²) < 4.78 is 36.2. The second-order valence-electron chi connectivity index (χ2n) is 7.24. The van der Waals surface area contributed by atoms with Gasteiger partial charge in [0, 0.05) is 29.5 Å². The van der Waals surface area contributed by atoms with Crippen molar-refractivity contribution >= 4 is 20.9 Å². The van der Waals surface area contributed by atoms with Gasteiger partial charge >= 0.3 is 0 Å². The molecule has 164 valence electrons. The highest BCUT2D eigenvalue weighted by atomic mass is 32.2. The van der Waals surface area contributed by atoms with Gasteiger partial charge in [-0.2, -0.15) is 4.98 Å². The summed E-state index contributed by atoms with van der Waals surface area (Å²) in [7, 11) is -0.578. The third kappa shape index (κ3) is 4.19. The van der Waals surface area contributed by atoms with Gasteiger partial charge in [0.1, 0.15) is 17.1 Å². The van der Waals surface area contributed by atoms with Crippen molar-refractivity contribution in [3.05, 3.63) is 76.7 Å². The number of sulfone groups is 1. The van der Waals surface area contributed by atoms with Crippen LogP contribution in [0.25, 0.3) is 22.2 Å². The molecule has 2 aromatic carbocycles. The van der Waals surface area contributed by atoms with Gasteiger partial charge in [-0.1, -0.05) is 30.3 Å². The topological polar surface area (TPSA) is 100 Å². The molecule has 4 aromatic rings. The molecule has 0 aliphatic carbocycles. The van der Waals surface area contributed by atoms with E-state index in [9.17, 15) is 13.2 Å². The molecule has 4 rings (SSSR count). The average Bonchev–Trinajstić information content (AvgIpc) is 2.80. The Bertz CT molecular complexity index is 1440. The Morgan fingerprint density at radius 1 is 0.969 bits per heavy atom. The van der Waals surface area contributed by atoms with Crippen LogP contribution in [-0.2, 0) is 16.4 Å². The lowest BCUT2D eigenvalue weighted by Crippen LogP contribution is -2.24. The summed E-state index contributed by atoms with van der Waals surface area (Å²) in [6.45, 7) is 0.214. The van der Waals surface area contributed by atoms with Gasteiger partial charge in [0.05, 0.1) is 20.8 Å². The zero-order valence-corrected chi connectivity index (χ0v) is 18.6. The average molecular weight is 452 g/mol. The van der Waals surface area contributed by atoms with Crippen molar-refractivity contribution in [1.29, 1.82) is 0 Å². The number of hydrogen-bond donors (Lipinski definition) is 0. The molecule has 0 fully saturated rings. The third-order valence-corrected chi connectivity index (χ3v) is 5.84. The van der Waals surface area contributed by atoms with Crippen LogP contribution in [-0.4, -0.2) is 43.4 Å². The van der Waals surface area contributed by atoms with Crippen molar-refractivity contribution in [2.45, 2.75) is 11.7 Å². The van der Waals surface area contributed by atoms with Crippen molar-refractivity contribution < 1.29 is 17.9 Å². The highest BCUT2D eigenvalue weighted by molar-refractivity contribution is 7.90. The molecule has 0 atom stereocenters. The third-order valence-electron chi connectivity index (χ3n) is 4.98. The SMILES string of the molecule is COc1cc(OC)cc(-c2cc3cnc(S(C)(=O)=O)nc3n(Cc3ccccc3)c2=O)c1. The molecule has 0 bridgehead atoms. The number of benzene rings is 2. The van der Waals surface area contributed by atoms with Crippen LogP contribution in [0.2, 0.25) is 0 Å². The normalized spacial score (nSPS) is 11.5. The zero-order chi connectivity index (χ0) is 22.9. The van der Waals surface area contributed by atoms with Gasteiger partial charge in [-0.3, -0.25) is 9.36 Å². The molecule has 0 aliphatic rings. The van der Waals surface area contributed by atoms with Crippen LogP contribution in [0.5, 0.6) is 11.5 Å². The van der Waals surface area contributed by atoms with E-state index in [2.05, 4.69) is 9.97 Å². The smallest absolute Gasteiger partial charge is 0.260 e. The Hall–Kier alpha value is -3.72. The fraction of sp³-hybridized carbons (Fsp3) is 0.174. The van der Waals surface area contributed by atoms with E-state index in [1.54, 1.807) is 24.3 Å². The maximum atomic E-state index is 13.6. The lowest BCUT2D eigenvalue weighted by molar-refractivity contribution is 0.394. The van der Waals surface area contributed by atoms with Crippen LogP contribution < -0.4 is 15.0 Å². The predicted molar refractivity (Wildman–Crippen MR) is 121 cm³/mol. The number of aromatic nitrogens is 3. The predicted octanol–water partition coefficient (Wildman–Crippen LogP) is 2.93. The Morgan fingerprint density at radius 2 is 1.62 bits per heavy atom. The number of pyridine rings is 1. The summed E-state index contributed by atoms with van der Waals surface area (Å²) in [5.74, 6) is 1.08. The zero-order valence-electron chi connectivity index (χ0n) is 17.8. The molecule has 9 heteroatoms. The first-order valence-electron chi connectivity index (χ1n) is 9.68. The first kappa shape index (κ1) is 21.5. The molecule has 2 heterocycles. The molecule has 0 N–H and O–H groups in total. The molecule has 0 unspecified atom stereocenters. The summed E-state index contributed by atoms with van der Waals surface area (Å²) >= 11 is 0. The van der Waals surface area contributed by atoms with E-state index in [-0.39, 0.29) is 22.9 Å². The summed E-state index contributed by atoms with van der Waals surface area (Å²) in [6, 6.07) is 16.2. The van der Waals surface area contributed by atoms with E-state index < -0.39 is 9.84 Å². The number of fused-ring (bicyclic) bond motifs is 1. The fourth-order valence-corrected chi connectivity index (χ4v) is 3.90. The van der Waals surface area contributed by atoms with E-state index in [1.807, 2.05) is 30.3 Å². The Labute approximate surface area is 185 Å². The van der Waals surface area contributed by atoms with Crippen LogP contribution >= 0.6 is 0 Å². The Morgan fingerprint density at radius 3 is 2.22 bits per heavy atom. The highest BCUT2D eigenvalue weighted by Crippen LogP contribution is 2.29. The molecule has 0 spiro atoms. The molecular weight excluding hydrogens is 430 g/mol. The largest absolute Gasteiger partial charge is 0.497 e. The maximum Gasteiger partial charge on any atom is 0.260 e. The Balaban J connectivity index is 2.02. The monoisotopic (exact) mass is 451 g/mol. The van der Waals surface area contributed by atoms with Gasteiger partial charge in [0.25, 0.3) is 5.56 Å². The summed E-state index contributed by atoms with van der Waals surface area (Å²) in [6.07, 6.45) is 2.45. The van der Waals surface area contributed by atoms with Crippen molar-refractivity contribution in [2.75, 3.05) is 20.5 Å². The van der Waals surface area contributed by atoms with E-state index in [0.717, 1.165) is 11.8 Å². The number of ether oxygens (including phenoxy) is 2. The number of rotatable bonds is 6. The van der Waals surface area contributed by atoms with E-state index in [1.165, 1.54) is 25.0 Å². The van der Waals surface area contributed by atoms with Crippen LogP contribution in [0, 0.1) is 0 Å². The van der Waals surface area contributed by atoms with Crippen LogP contribution in [0.4, 0.5) is 0 Å².